The molecule has 0 saturated heterocycles. The molecule has 0 spiro atoms. The molecule has 0 atom stereocenters. The van der Waals surface area contributed by atoms with Gasteiger partial charge in [0.25, 0.3) is 10.0 Å². The number of methoxy groups -OCH3 is 2. The molecule has 107 heavy (non-hydrogen) atoms. The van der Waals surface area contributed by atoms with Crippen LogP contribution in [0.15, 0.2) is 120 Å². The van der Waals surface area contributed by atoms with Crippen LogP contribution in [0.1, 0.15) is 174 Å². The number of rotatable bonds is 19. The predicted molar refractivity (Wildman–Crippen MR) is 413 cm³/mol. The number of carbonyl (C=O) groups excluding carboxylic acids is 7. The summed E-state index contributed by atoms with van der Waals surface area (Å²) in [6, 6.07) is 33.2. The van der Waals surface area contributed by atoms with Gasteiger partial charge in [0.15, 0.2) is 28.9 Å². The van der Waals surface area contributed by atoms with Crippen molar-refractivity contribution < 1.29 is 115 Å². The number of alkyl halides is 1. The number of carbonyl (C=O) groups is 8. The van der Waals surface area contributed by atoms with Crippen LogP contribution in [0.25, 0.3) is 0 Å². The summed E-state index contributed by atoms with van der Waals surface area (Å²) < 4.78 is 58.7. The number of aliphatic carboxylic acids is 1. The fourth-order valence-corrected chi connectivity index (χ4v) is 13.6. The van der Waals surface area contributed by atoms with E-state index in [0.717, 1.165) is 126 Å². The van der Waals surface area contributed by atoms with E-state index in [1.54, 1.807) is 86.8 Å². The van der Waals surface area contributed by atoms with Gasteiger partial charge in [-0.25, -0.2) is 8.42 Å². The number of halogens is 1. The van der Waals surface area contributed by atoms with Gasteiger partial charge >= 0.3 is 36.8 Å². The fraction of sp³-hybridized carbons (Fsp3) is 0.443. The van der Waals surface area contributed by atoms with E-state index in [1.165, 1.54) is 11.4 Å². The maximum atomic E-state index is 13.1. The third-order valence-electron chi connectivity index (χ3n) is 17.4. The molecule has 0 aromatic heterocycles. The van der Waals surface area contributed by atoms with Crippen molar-refractivity contribution in [3.8, 4) is 28.7 Å². The minimum absolute atomic E-state index is 0. The Labute approximate surface area is 649 Å². The molecule has 5 N–H and O–H groups in total. The van der Waals surface area contributed by atoms with Crippen LogP contribution in [0.3, 0.4) is 0 Å². The number of esters is 2. The second-order valence-electron chi connectivity index (χ2n) is 25.2. The SMILES string of the molecule is CCOC(=O)CCCBr.CCOC(=O)CCCOc1ccc2c(c1)N(C)CCCC2=O.CN1CCCC(=O)c2ccc(O)cc21.CN1CCCC(=O)c2ccc(OCCCC(=O)O)cc21.COc1ccc2c(c1)N(C)CCCC2=O.COc1ccc2c(c1)N(S(=O)(=O)c1ccc(C)cc1)CCCC2=O.O.[Li+].[OH-]. The third kappa shape index (κ3) is 28.3. The molecule has 5 aliphatic heterocycles. The fourth-order valence-electron chi connectivity index (χ4n) is 11.8. The number of fused-ring (bicyclic) bond motifs is 5. The third-order valence-corrected chi connectivity index (χ3v) is 19.8. The van der Waals surface area contributed by atoms with Gasteiger partial charge in [0.1, 0.15) is 28.7 Å². The Morgan fingerprint density at radius 3 is 1.17 bits per heavy atom. The van der Waals surface area contributed by atoms with Crippen LogP contribution in [0.2, 0.25) is 0 Å². The summed E-state index contributed by atoms with van der Waals surface area (Å²) in [6.45, 7) is 11.0. The number of hydrogen-bond acceptors (Lipinski definition) is 22. The second-order valence-corrected chi connectivity index (χ2v) is 27.9. The number of phenols is 1. The summed E-state index contributed by atoms with van der Waals surface area (Å²) in [7, 11) is 7.32. The molecule has 0 saturated carbocycles. The Morgan fingerprint density at radius 1 is 0.467 bits per heavy atom. The van der Waals surface area contributed by atoms with Crippen molar-refractivity contribution >= 4 is 101 Å². The first-order chi connectivity index (χ1) is 49.8. The standard InChI is InChI=1S/C18H19NO4S.C17H23NO4.C15H19NO4.C12H15NO2.C11H13NO2.C6H11BrO2.Li.2H2O/c1-13-5-8-15(9-6-13)24(21,22)19-11-3-4-18(20)16-10-7-14(23-2)12-17(16)19;1-3-21-17(20)7-5-11-22-13-8-9-14-15(12-13)18(2)10-4-6-16(14)19;1-16-8-2-4-14(17)12-7-6-11(10-13(12)16)20-9-3-5-15(18)19;1-13-7-3-4-12(14)10-6-5-9(15-2)8-11(10)13;1-12-6-2-3-11(14)9-5-4-8(13)7-10(9)12;1-2-9-6(8)4-3-5-7;;;/h5-10,12H,3-4,11H2,1-2H3;8-9,12H,3-7,10-11H2,1-2H3;6-7,10H,2-5,8-9H2,1H3,(H,18,19);5-6,8H,3-4,7H2,1-2H3;4-5,7,13H,2-3,6H2,1H3;2-5H2,1H3;;2*1H2/q;;;;;;+1;;/p-1. The predicted octanol–water partition coefficient (Wildman–Crippen LogP) is 9.98. The number of anilines is 5. The first-order valence-electron chi connectivity index (χ1n) is 35.3. The van der Waals surface area contributed by atoms with Gasteiger partial charge in [-0.15, -0.1) is 0 Å². The zero-order valence-electron chi connectivity index (χ0n) is 63.3. The van der Waals surface area contributed by atoms with Crippen LogP contribution < -0.4 is 61.7 Å². The quantitative estimate of drug-likeness (QED) is 0.0329. The van der Waals surface area contributed by atoms with Crippen molar-refractivity contribution in [3.63, 3.8) is 0 Å². The average Bonchev–Trinajstić information content (AvgIpc) is 1.77. The number of Topliss-reactive ketones (excluding diaryl/α,β-unsaturated/α-hetero) is 5. The van der Waals surface area contributed by atoms with Gasteiger partial charge in [-0.3, -0.25) is 42.7 Å². The van der Waals surface area contributed by atoms with Crippen LogP contribution in [-0.2, 0) is 33.9 Å². The van der Waals surface area contributed by atoms with Gasteiger partial charge in [0.2, 0.25) is 0 Å². The number of sulfonamides is 1. The Balaban J connectivity index is 0.000000338. The van der Waals surface area contributed by atoms with E-state index in [2.05, 4.69) is 35.4 Å². The number of nitrogens with zero attached hydrogens (tertiary/aromatic N) is 5. The number of aromatic hydroxyl groups is 1. The maximum absolute atomic E-state index is 13.1. The molecule has 11 rings (SSSR count). The average molecular weight is 1560 g/mol. The number of phenolic OH excluding ortho intramolecular Hbond substituents is 1. The zero-order valence-corrected chi connectivity index (χ0v) is 65.7. The molecule has 578 valence electrons. The van der Waals surface area contributed by atoms with Crippen molar-refractivity contribution in [1.29, 1.82) is 0 Å². The summed E-state index contributed by atoms with van der Waals surface area (Å²) in [6.07, 6.45) is 9.71. The Hall–Kier alpha value is -8.97. The molecule has 0 fully saturated rings. The van der Waals surface area contributed by atoms with Crippen molar-refractivity contribution in [3.05, 3.63) is 149 Å². The molecule has 6 aromatic rings. The van der Waals surface area contributed by atoms with E-state index in [9.17, 15) is 51.9 Å². The summed E-state index contributed by atoms with van der Waals surface area (Å²) in [5.41, 5.74) is 8.47. The van der Waals surface area contributed by atoms with E-state index < -0.39 is 16.0 Å². The Kier molecular flexibility index (Phi) is 40.5. The van der Waals surface area contributed by atoms with Crippen molar-refractivity contribution in [2.45, 2.75) is 128 Å². The molecule has 0 bridgehead atoms. The molecule has 0 amide bonds. The number of ether oxygens (including phenoxy) is 6. The molecule has 28 heteroatoms. The van der Waals surface area contributed by atoms with E-state index >= 15 is 0 Å². The normalized spacial score (nSPS) is 14.1. The Bertz CT molecular complexity index is 4030. The molecule has 5 heterocycles. The zero-order chi connectivity index (χ0) is 75.9. The van der Waals surface area contributed by atoms with Gasteiger partial charge in [-0.2, -0.15) is 0 Å². The van der Waals surface area contributed by atoms with Gasteiger partial charge in [0.05, 0.1) is 74.0 Å². The molecule has 0 radical (unpaired) electrons. The molecule has 0 unspecified atom stereocenters. The summed E-state index contributed by atoms with van der Waals surface area (Å²) >= 11 is 3.22. The van der Waals surface area contributed by atoms with Crippen molar-refractivity contribution in [2.75, 3.05) is 131 Å². The Morgan fingerprint density at radius 2 is 0.794 bits per heavy atom. The van der Waals surface area contributed by atoms with Crippen LogP contribution in [0, 0.1) is 6.92 Å². The van der Waals surface area contributed by atoms with E-state index in [-0.39, 0.29) is 94.3 Å². The first-order valence-corrected chi connectivity index (χ1v) is 37.8. The molecule has 0 aliphatic carbocycles. The van der Waals surface area contributed by atoms with E-state index in [1.807, 2.05) is 89.4 Å². The molecular weight excluding hydrogens is 1460 g/mol. The minimum atomic E-state index is -3.74. The van der Waals surface area contributed by atoms with Crippen molar-refractivity contribution in [1.82, 2.24) is 0 Å². The maximum Gasteiger partial charge on any atom is 1.00 e. The van der Waals surface area contributed by atoms with Crippen LogP contribution in [-0.4, -0.2) is 183 Å². The first kappa shape index (κ1) is 92.2. The monoisotopic (exact) mass is 1560 g/mol. The van der Waals surface area contributed by atoms with Crippen LogP contribution in [0.5, 0.6) is 28.7 Å². The van der Waals surface area contributed by atoms with Crippen LogP contribution >= 0.6 is 15.9 Å². The molecular formula is C79H103BrLiN5O20S. The largest absolute Gasteiger partial charge is 1.00 e. The van der Waals surface area contributed by atoms with Gasteiger partial charge in [-0.1, -0.05) is 33.6 Å². The second kappa shape index (κ2) is 47.0. The topological polar surface area (TPSA) is 344 Å². The van der Waals surface area contributed by atoms with E-state index in [4.69, 9.17) is 28.8 Å². The number of ketones is 5. The van der Waals surface area contributed by atoms with Gasteiger partial charge < -0.3 is 69.2 Å². The number of benzene rings is 6. The molecule has 5 aliphatic rings. The summed E-state index contributed by atoms with van der Waals surface area (Å²) in [4.78, 5) is 100. The van der Waals surface area contributed by atoms with Crippen LogP contribution in [0.4, 0.5) is 28.4 Å². The number of hydrogen-bond donors (Lipinski definition) is 2. The van der Waals surface area contributed by atoms with Gasteiger partial charge in [-0.05, 0) is 145 Å². The van der Waals surface area contributed by atoms with Gasteiger partial charge in [0, 0.05) is 176 Å². The number of carboxylic acid groups (broad SMARTS) is 1. The molecule has 6 aromatic carbocycles. The number of carboxylic acids is 1. The summed E-state index contributed by atoms with van der Waals surface area (Å²) in [5.74, 6) is 2.54. The summed E-state index contributed by atoms with van der Waals surface area (Å²) in [5, 5.41) is 18.8. The number of aryl methyl sites for hydroxylation is 1. The minimum Gasteiger partial charge on any atom is -0.870 e. The van der Waals surface area contributed by atoms with Crippen molar-refractivity contribution in [2.24, 2.45) is 0 Å². The van der Waals surface area contributed by atoms with E-state index in [0.29, 0.717) is 113 Å². The molecule has 25 nitrogen and oxygen atoms in total. The smallest absolute Gasteiger partial charge is 0.870 e.